The lowest BCUT2D eigenvalue weighted by Crippen LogP contribution is -2.38. The summed E-state index contributed by atoms with van der Waals surface area (Å²) < 4.78 is 29.3. The van der Waals surface area contributed by atoms with Crippen LogP contribution >= 0.6 is 11.6 Å². The Labute approximate surface area is 164 Å². The van der Waals surface area contributed by atoms with Crippen molar-refractivity contribution in [1.82, 2.24) is 25.0 Å². The Morgan fingerprint density at radius 3 is 2.57 bits per heavy atom. The summed E-state index contributed by atoms with van der Waals surface area (Å²) in [5.41, 5.74) is 1.85. The first-order valence-electron chi connectivity index (χ1n) is 9.22. The summed E-state index contributed by atoms with van der Waals surface area (Å²) >= 11 is 6.28. The van der Waals surface area contributed by atoms with Gasteiger partial charge in [0.1, 0.15) is 0 Å². The molecule has 2 fully saturated rings. The molecule has 10 heteroatoms. The molecule has 146 valence electrons. The van der Waals surface area contributed by atoms with E-state index in [1.165, 1.54) is 0 Å². The van der Waals surface area contributed by atoms with Crippen LogP contribution in [0, 0.1) is 0 Å². The normalized spacial score (nSPS) is 18.7. The summed E-state index contributed by atoms with van der Waals surface area (Å²) in [6, 6.07) is 7.49. The second-order valence-electron chi connectivity index (χ2n) is 7.23. The SMILES string of the molecule is FC1(F)CCN(c2nc(N3CCC3)nc3c2nnn3Cc2ccccc2Cl)C1. The number of fused-ring (bicyclic) bond motifs is 1. The van der Waals surface area contributed by atoms with Gasteiger partial charge in [0.15, 0.2) is 17.0 Å². The summed E-state index contributed by atoms with van der Waals surface area (Å²) in [5, 5.41) is 9.07. The highest BCUT2D eigenvalue weighted by Gasteiger charge is 2.40. The fourth-order valence-corrected chi connectivity index (χ4v) is 3.72. The van der Waals surface area contributed by atoms with Gasteiger partial charge in [-0.3, -0.25) is 0 Å². The Kier molecular flexibility index (Phi) is 4.08. The monoisotopic (exact) mass is 405 g/mol. The standard InChI is InChI=1S/C18H18ClF2N7/c19-13-5-2-1-4-12(13)10-28-16-14(24-25-28)15(27-9-6-18(20,21)11-27)22-17(23-16)26-7-3-8-26/h1-2,4-5H,3,6-11H2. The van der Waals surface area contributed by atoms with Gasteiger partial charge in [0.2, 0.25) is 5.95 Å². The molecule has 7 nitrogen and oxygen atoms in total. The number of benzene rings is 1. The van der Waals surface area contributed by atoms with E-state index in [-0.39, 0.29) is 19.5 Å². The van der Waals surface area contributed by atoms with E-state index in [2.05, 4.69) is 20.3 Å². The predicted molar refractivity (Wildman–Crippen MR) is 102 cm³/mol. The zero-order valence-corrected chi connectivity index (χ0v) is 15.8. The Hall–Kier alpha value is -2.55. The molecule has 28 heavy (non-hydrogen) atoms. The van der Waals surface area contributed by atoms with Gasteiger partial charge in [-0.25, -0.2) is 13.5 Å². The van der Waals surface area contributed by atoms with Crippen molar-refractivity contribution >= 4 is 34.5 Å². The molecule has 0 unspecified atom stereocenters. The minimum Gasteiger partial charge on any atom is -0.348 e. The first-order chi connectivity index (χ1) is 13.5. The number of rotatable bonds is 4. The van der Waals surface area contributed by atoms with E-state index < -0.39 is 5.92 Å². The third kappa shape index (κ3) is 3.03. The molecule has 5 rings (SSSR count). The van der Waals surface area contributed by atoms with Crippen LogP contribution in [-0.4, -0.2) is 57.1 Å². The molecule has 0 aliphatic carbocycles. The van der Waals surface area contributed by atoms with Crippen molar-refractivity contribution in [3.8, 4) is 0 Å². The summed E-state index contributed by atoms with van der Waals surface area (Å²) in [4.78, 5) is 12.8. The van der Waals surface area contributed by atoms with Crippen LogP contribution in [-0.2, 0) is 6.54 Å². The van der Waals surface area contributed by atoms with Gasteiger partial charge in [-0.2, -0.15) is 9.97 Å². The van der Waals surface area contributed by atoms with E-state index in [4.69, 9.17) is 11.6 Å². The lowest BCUT2D eigenvalue weighted by molar-refractivity contribution is 0.0257. The molecular formula is C18H18ClF2N7. The third-order valence-electron chi connectivity index (χ3n) is 5.22. The zero-order valence-electron chi connectivity index (χ0n) is 15.0. The fraction of sp³-hybridized carbons (Fsp3) is 0.444. The molecule has 0 N–H and O–H groups in total. The molecule has 0 spiro atoms. The van der Waals surface area contributed by atoms with Crippen LogP contribution in [0.25, 0.3) is 11.2 Å². The topological polar surface area (TPSA) is 63.0 Å². The molecule has 0 atom stereocenters. The van der Waals surface area contributed by atoms with Crippen LogP contribution in [0.5, 0.6) is 0 Å². The van der Waals surface area contributed by atoms with E-state index in [0.29, 0.717) is 34.5 Å². The lowest BCUT2D eigenvalue weighted by Gasteiger charge is -2.31. The molecule has 2 aliphatic heterocycles. The van der Waals surface area contributed by atoms with Gasteiger partial charge < -0.3 is 9.80 Å². The molecule has 2 saturated heterocycles. The fourth-order valence-electron chi connectivity index (χ4n) is 3.52. The lowest BCUT2D eigenvalue weighted by atomic mass is 10.2. The predicted octanol–water partition coefficient (Wildman–Crippen LogP) is 2.98. The number of anilines is 2. The molecule has 2 aliphatic rings. The minimum absolute atomic E-state index is 0.189. The average molecular weight is 406 g/mol. The Balaban J connectivity index is 1.59. The maximum atomic E-state index is 13.8. The summed E-state index contributed by atoms with van der Waals surface area (Å²) in [6.07, 6.45) is 0.876. The van der Waals surface area contributed by atoms with Gasteiger partial charge in [-0.1, -0.05) is 35.0 Å². The van der Waals surface area contributed by atoms with Crippen molar-refractivity contribution in [3.63, 3.8) is 0 Å². The Bertz CT molecular complexity index is 1030. The van der Waals surface area contributed by atoms with Crippen LogP contribution in [0.1, 0.15) is 18.4 Å². The van der Waals surface area contributed by atoms with Crippen LogP contribution in [0.3, 0.4) is 0 Å². The molecular weight excluding hydrogens is 388 g/mol. The molecule has 0 amide bonds. The second-order valence-corrected chi connectivity index (χ2v) is 7.63. The number of hydrogen-bond donors (Lipinski definition) is 0. The molecule has 0 bridgehead atoms. The van der Waals surface area contributed by atoms with Crippen LogP contribution < -0.4 is 9.80 Å². The van der Waals surface area contributed by atoms with Crippen LogP contribution in [0.4, 0.5) is 20.5 Å². The van der Waals surface area contributed by atoms with Crippen molar-refractivity contribution in [2.45, 2.75) is 25.3 Å². The van der Waals surface area contributed by atoms with Crippen molar-refractivity contribution < 1.29 is 8.78 Å². The number of nitrogens with zero attached hydrogens (tertiary/aromatic N) is 7. The zero-order chi connectivity index (χ0) is 19.3. The van der Waals surface area contributed by atoms with Gasteiger partial charge in [-0.15, -0.1) is 5.10 Å². The van der Waals surface area contributed by atoms with Crippen molar-refractivity contribution in [3.05, 3.63) is 34.9 Å². The second kappa shape index (κ2) is 6.51. The molecule has 1 aromatic carbocycles. The van der Waals surface area contributed by atoms with E-state index in [9.17, 15) is 8.78 Å². The van der Waals surface area contributed by atoms with Crippen molar-refractivity contribution in [1.29, 1.82) is 0 Å². The summed E-state index contributed by atoms with van der Waals surface area (Å²) in [6.45, 7) is 1.97. The summed E-state index contributed by atoms with van der Waals surface area (Å²) in [5.74, 6) is -1.76. The highest BCUT2D eigenvalue weighted by atomic mass is 35.5. The highest BCUT2D eigenvalue weighted by Crippen LogP contribution is 2.34. The first-order valence-corrected chi connectivity index (χ1v) is 9.60. The van der Waals surface area contributed by atoms with Crippen molar-refractivity contribution in [2.24, 2.45) is 0 Å². The van der Waals surface area contributed by atoms with E-state index in [1.807, 2.05) is 29.2 Å². The van der Waals surface area contributed by atoms with E-state index in [1.54, 1.807) is 9.58 Å². The highest BCUT2D eigenvalue weighted by molar-refractivity contribution is 6.31. The van der Waals surface area contributed by atoms with Gasteiger partial charge >= 0.3 is 0 Å². The number of halogens is 3. The number of hydrogen-bond acceptors (Lipinski definition) is 6. The van der Waals surface area contributed by atoms with Crippen LogP contribution in [0.15, 0.2) is 24.3 Å². The van der Waals surface area contributed by atoms with Gasteiger partial charge in [-0.05, 0) is 18.1 Å². The molecule has 0 radical (unpaired) electrons. The molecule has 3 aromatic rings. The van der Waals surface area contributed by atoms with Crippen molar-refractivity contribution in [2.75, 3.05) is 36.0 Å². The van der Waals surface area contributed by atoms with Gasteiger partial charge in [0, 0.05) is 31.1 Å². The Morgan fingerprint density at radius 2 is 1.89 bits per heavy atom. The van der Waals surface area contributed by atoms with Gasteiger partial charge in [0.05, 0.1) is 13.1 Å². The van der Waals surface area contributed by atoms with E-state index in [0.717, 1.165) is 25.1 Å². The molecule has 2 aromatic heterocycles. The quantitative estimate of drug-likeness (QED) is 0.665. The Morgan fingerprint density at radius 1 is 1.07 bits per heavy atom. The third-order valence-corrected chi connectivity index (χ3v) is 5.59. The minimum atomic E-state index is -2.72. The first kappa shape index (κ1) is 17.5. The number of aromatic nitrogens is 5. The number of alkyl halides is 2. The molecule has 4 heterocycles. The largest absolute Gasteiger partial charge is 0.348 e. The summed E-state index contributed by atoms with van der Waals surface area (Å²) in [7, 11) is 0. The molecule has 0 saturated carbocycles. The maximum absolute atomic E-state index is 13.8. The smallest absolute Gasteiger partial charge is 0.266 e. The van der Waals surface area contributed by atoms with E-state index >= 15 is 0 Å². The average Bonchev–Trinajstić information content (AvgIpc) is 3.18. The van der Waals surface area contributed by atoms with Gasteiger partial charge in [0.25, 0.3) is 5.92 Å². The van der Waals surface area contributed by atoms with Crippen LogP contribution in [0.2, 0.25) is 5.02 Å². The maximum Gasteiger partial charge on any atom is 0.266 e.